The fourth-order valence-electron chi connectivity index (χ4n) is 1.57. The maximum atomic E-state index is 9.27. The molecule has 0 saturated heterocycles. The summed E-state index contributed by atoms with van der Waals surface area (Å²) in [5.74, 6) is 0. The monoisotopic (exact) mass is 283 g/mol. The van der Waals surface area contributed by atoms with Crippen LogP contribution in [0.25, 0.3) is 10.1 Å². The van der Waals surface area contributed by atoms with E-state index in [1.54, 1.807) is 0 Å². The molecule has 0 saturated carbocycles. The number of rotatable bonds is 2. The topological polar surface area (TPSA) is 23.8 Å². The quantitative estimate of drug-likeness (QED) is 0.589. The zero-order valence-electron chi connectivity index (χ0n) is 9.10. The maximum Gasteiger partial charge on any atom is 0.101 e. The first-order chi connectivity index (χ1) is 8.33. The van der Waals surface area contributed by atoms with Crippen LogP contribution in [0.4, 0.5) is 0 Å². The van der Waals surface area contributed by atoms with Gasteiger partial charge in [0.25, 0.3) is 0 Å². The molecule has 0 fully saturated rings. The van der Waals surface area contributed by atoms with Gasteiger partial charge in [0.2, 0.25) is 0 Å². The average Bonchev–Trinajstić information content (AvgIpc) is 2.42. The molecule has 0 radical (unpaired) electrons. The van der Waals surface area contributed by atoms with E-state index in [9.17, 15) is 5.26 Å². The van der Waals surface area contributed by atoms with Crippen LogP contribution in [0.3, 0.4) is 0 Å². The summed E-state index contributed by atoms with van der Waals surface area (Å²) in [5, 5.41) is 9.27. The summed E-state index contributed by atoms with van der Waals surface area (Å²) in [4.78, 5) is 0. The Kier molecular flexibility index (Phi) is 3.74. The average molecular weight is 284 g/mol. The molecule has 0 aliphatic rings. The molecule has 0 aliphatic carbocycles. The van der Waals surface area contributed by atoms with Crippen molar-refractivity contribution >= 4 is 26.0 Å². The molecule has 82 valence electrons. The maximum absolute atomic E-state index is 9.27. The molecule has 2 aromatic carbocycles. The number of benzene rings is 2. The van der Waals surface area contributed by atoms with Crippen molar-refractivity contribution in [1.29, 1.82) is 5.26 Å². The van der Waals surface area contributed by atoms with Crippen LogP contribution < -0.4 is 0 Å². The van der Waals surface area contributed by atoms with Crippen LogP contribution in [0.2, 0.25) is 0 Å². The molecule has 0 aromatic heterocycles. The van der Waals surface area contributed by atoms with Crippen LogP contribution in [-0.2, 0) is 0 Å². The van der Waals surface area contributed by atoms with E-state index >= 15 is 0 Å². The van der Waals surface area contributed by atoms with E-state index in [2.05, 4.69) is 22.0 Å². The Morgan fingerprint density at radius 3 is 1.76 bits per heavy atom. The van der Waals surface area contributed by atoms with E-state index in [1.165, 1.54) is 0 Å². The molecule has 0 N–H and O–H groups in total. The van der Waals surface area contributed by atoms with E-state index in [0.29, 0.717) is 5.57 Å². The summed E-state index contributed by atoms with van der Waals surface area (Å²) < 4.78 is 0.826. The third kappa shape index (κ3) is 2.64. The minimum atomic E-state index is 0.650. The number of halogens is 1. The van der Waals surface area contributed by atoms with E-state index in [4.69, 9.17) is 0 Å². The molecule has 17 heavy (non-hydrogen) atoms. The van der Waals surface area contributed by atoms with Crippen LogP contribution in [-0.4, -0.2) is 0 Å². The summed E-state index contributed by atoms with van der Waals surface area (Å²) in [6, 6.07) is 21.7. The van der Waals surface area contributed by atoms with Gasteiger partial charge >= 0.3 is 0 Å². The molecular formula is C15H10BrN. The van der Waals surface area contributed by atoms with E-state index in [0.717, 1.165) is 15.6 Å². The molecular weight excluding hydrogens is 274 g/mol. The highest BCUT2D eigenvalue weighted by Gasteiger charge is 2.07. The van der Waals surface area contributed by atoms with Crippen molar-refractivity contribution in [1.82, 2.24) is 0 Å². The zero-order valence-corrected chi connectivity index (χ0v) is 10.7. The molecule has 2 aromatic rings. The fraction of sp³-hybridized carbons (Fsp3) is 0. The lowest BCUT2D eigenvalue weighted by Gasteiger charge is -2.04. The lowest BCUT2D eigenvalue weighted by atomic mass is 10.0. The number of nitrogens with zero attached hydrogens (tertiary/aromatic N) is 1. The third-order valence-electron chi connectivity index (χ3n) is 2.42. The van der Waals surface area contributed by atoms with Crippen molar-refractivity contribution in [3.8, 4) is 6.07 Å². The highest BCUT2D eigenvalue weighted by molar-refractivity contribution is 9.15. The Balaban J connectivity index is 2.53. The largest absolute Gasteiger partial charge is 0.192 e. The second kappa shape index (κ2) is 5.47. The number of allylic oxidation sites excluding steroid dienone is 1. The number of hydrogen-bond acceptors (Lipinski definition) is 1. The van der Waals surface area contributed by atoms with Crippen molar-refractivity contribution in [3.63, 3.8) is 0 Å². The molecule has 0 atom stereocenters. The Morgan fingerprint density at radius 2 is 1.29 bits per heavy atom. The summed E-state index contributed by atoms with van der Waals surface area (Å²) >= 11 is 3.51. The molecule has 0 spiro atoms. The van der Waals surface area contributed by atoms with Gasteiger partial charge in [-0.25, -0.2) is 0 Å². The van der Waals surface area contributed by atoms with Crippen molar-refractivity contribution in [2.24, 2.45) is 0 Å². The van der Waals surface area contributed by atoms with Crippen molar-refractivity contribution in [2.75, 3.05) is 0 Å². The van der Waals surface area contributed by atoms with Gasteiger partial charge in [0.1, 0.15) is 6.07 Å². The minimum Gasteiger partial charge on any atom is -0.192 e. The molecule has 2 heteroatoms. The van der Waals surface area contributed by atoms with Crippen molar-refractivity contribution in [2.45, 2.75) is 0 Å². The Bertz CT molecular complexity index is 565. The van der Waals surface area contributed by atoms with Gasteiger partial charge in [-0.05, 0) is 27.1 Å². The summed E-state index contributed by atoms with van der Waals surface area (Å²) in [6.45, 7) is 0. The predicted octanol–water partition coefficient (Wildman–Crippen LogP) is 4.47. The second-order valence-corrected chi connectivity index (χ2v) is 4.33. The number of nitriles is 1. The normalized spacial score (nSPS) is 11.5. The summed E-state index contributed by atoms with van der Waals surface area (Å²) in [7, 11) is 0. The standard InChI is InChI=1S/C15H10BrN/c16-15(13-9-5-2-6-10-13)14(11-17)12-7-3-1-4-8-12/h1-10H/b15-14-. The molecule has 0 amide bonds. The van der Waals surface area contributed by atoms with Crippen LogP contribution >= 0.6 is 15.9 Å². The van der Waals surface area contributed by atoms with Crippen LogP contribution in [0.1, 0.15) is 11.1 Å². The van der Waals surface area contributed by atoms with E-state index in [-0.39, 0.29) is 0 Å². The number of hydrogen-bond donors (Lipinski definition) is 0. The van der Waals surface area contributed by atoms with Crippen molar-refractivity contribution in [3.05, 3.63) is 71.8 Å². The Labute approximate surface area is 109 Å². The first-order valence-corrected chi connectivity index (χ1v) is 6.03. The molecule has 0 heterocycles. The Morgan fingerprint density at radius 1 is 0.824 bits per heavy atom. The van der Waals surface area contributed by atoms with Gasteiger partial charge in [0.05, 0.1) is 5.57 Å². The smallest absolute Gasteiger partial charge is 0.101 e. The lowest BCUT2D eigenvalue weighted by Crippen LogP contribution is -1.85. The lowest BCUT2D eigenvalue weighted by molar-refractivity contribution is 1.52. The van der Waals surface area contributed by atoms with Gasteiger partial charge in [-0.3, -0.25) is 0 Å². The van der Waals surface area contributed by atoms with Crippen LogP contribution in [0.5, 0.6) is 0 Å². The van der Waals surface area contributed by atoms with Gasteiger partial charge < -0.3 is 0 Å². The molecule has 2 rings (SSSR count). The first-order valence-electron chi connectivity index (χ1n) is 5.23. The van der Waals surface area contributed by atoms with Crippen LogP contribution in [0, 0.1) is 11.3 Å². The molecule has 0 unspecified atom stereocenters. The molecule has 1 nitrogen and oxygen atoms in total. The van der Waals surface area contributed by atoms with Gasteiger partial charge in [0.15, 0.2) is 0 Å². The van der Waals surface area contributed by atoms with Crippen molar-refractivity contribution < 1.29 is 0 Å². The SMILES string of the molecule is N#C/C(=C(/Br)c1ccccc1)c1ccccc1. The minimum absolute atomic E-state index is 0.650. The van der Waals surface area contributed by atoms with Gasteiger partial charge in [-0.15, -0.1) is 0 Å². The zero-order chi connectivity index (χ0) is 12.1. The Hall–Kier alpha value is -1.85. The second-order valence-electron chi connectivity index (χ2n) is 3.53. The fourth-order valence-corrected chi connectivity index (χ4v) is 2.16. The van der Waals surface area contributed by atoms with Gasteiger partial charge in [-0.2, -0.15) is 5.26 Å². The summed E-state index contributed by atoms with van der Waals surface area (Å²) in [5.41, 5.74) is 2.58. The highest BCUT2D eigenvalue weighted by Crippen LogP contribution is 2.30. The highest BCUT2D eigenvalue weighted by atomic mass is 79.9. The molecule has 0 bridgehead atoms. The van der Waals surface area contributed by atoms with E-state index in [1.807, 2.05) is 60.7 Å². The first kappa shape index (κ1) is 11.6. The molecule has 0 aliphatic heterocycles. The van der Waals surface area contributed by atoms with Crippen LogP contribution in [0.15, 0.2) is 60.7 Å². The summed E-state index contributed by atoms with van der Waals surface area (Å²) in [6.07, 6.45) is 0. The van der Waals surface area contributed by atoms with E-state index < -0.39 is 0 Å². The van der Waals surface area contributed by atoms with Gasteiger partial charge in [-0.1, -0.05) is 60.7 Å². The predicted molar refractivity (Wildman–Crippen MR) is 74.2 cm³/mol. The van der Waals surface area contributed by atoms with Gasteiger partial charge in [0, 0.05) is 4.48 Å². The third-order valence-corrected chi connectivity index (χ3v) is 3.28.